The summed E-state index contributed by atoms with van der Waals surface area (Å²) in [5.74, 6) is -2.03. The molecule has 0 atom stereocenters. The van der Waals surface area contributed by atoms with Gasteiger partial charge in [-0.05, 0) is 18.2 Å². The largest absolute Gasteiger partial charge is 0.378 e. The van der Waals surface area contributed by atoms with Crippen molar-refractivity contribution in [2.24, 2.45) is 0 Å². The van der Waals surface area contributed by atoms with Gasteiger partial charge in [0.25, 0.3) is 0 Å². The van der Waals surface area contributed by atoms with Crippen molar-refractivity contribution in [1.29, 1.82) is 0 Å². The van der Waals surface area contributed by atoms with Crippen LogP contribution in [0.15, 0.2) is 28.7 Å². The minimum absolute atomic E-state index is 0.00628. The van der Waals surface area contributed by atoms with Crippen molar-refractivity contribution in [2.45, 2.75) is 0 Å². The summed E-state index contributed by atoms with van der Waals surface area (Å²) < 4.78 is 27.5. The van der Waals surface area contributed by atoms with Crippen LogP contribution in [0, 0.1) is 21.7 Å². The molecule has 0 bridgehead atoms. The zero-order valence-electron chi connectivity index (χ0n) is 9.73. The van der Waals surface area contributed by atoms with Crippen molar-refractivity contribution < 1.29 is 13.7 Å². The summed E-state index contributed by atoms with van der Waals surface area (Å²) in [6, 6.07) is 4.44. The normalized spacial score (nSPS) is 10.3. The fourth-order valence-electron chi connectivity index (χ4n) is 1.48. The summed E-state index contributed by atoms with van der Waals surface area (Å²) in [6.07, 6.45) is 0. The van der Waals surface area contributed by atoms with E-state index < -0.39 is 22.2 Å². The molecule has 0 radical (unpaired) electrons. The SMILES string of the molecule is Nc1nc(Nc2c(F)cc(Br)cc2F)ccc1[N+](=O)[O-]. The number of hydrogen-bond donors (Lipinski definition) is 2. The van der Waals surface area contributed by atoms with Crippen LogP contribution in [0.3, 0.4) is 0 Å². The van der Waals surface area contributed by atoms with E-state index in [4.69, 9.17) is 5.73 Å². The molecule has 0 saturated heterocycles. The lowest BCUT2D eigenvalue weighted by Crippen LogP contribution is -2.03. The summed E-state index contributed by atoms with van der Waals surface area (Å²) in [5, 5.41) is 13.0. The lowest BCUT2D eigenvalue weighted by Gasteiger charge is -2.09. The quantitative estimate of drug-likeness (QED) is 0.657. The maximum Gasteiger partial charge on any atom is 0.311 e. The van der Waals surface area contributed by atoms with E-state index >= 15 is 0 Å². The van der Waals surface area contributed by atoms with E-state index in [0.29, 0.717) is 0 Å². The van der Waals surface area contributed by atoms with E-state index in [1.54, 1.807) is 0 Å². The lowest BCUT2D eigenvalue weighted by molar-refractivity contribution is -0.384. The molecule has 0 aliphatic rings. The highest BCUT2D eigenvalue weighted by molar-refractivity contribution is 9.10. The first-order valence-corrected chi connectivity index (χ1v) is 6.00. The number of benzene rings is 1. The second kappa shape index (κ2) is 5.37. The standard InChI is InChI=1S/C11H7BrF2N4O2/c12-5-3-6(13)10(7(14)4-5)16-9-2-1-8(18(19)20)11(15)17-9/h1-4H,(H3,15,16,17). The van der Waals surface area contributed by atoms with Gasteiger partial charge in [-0.25, -0.2) is 13.8 Å². The van der Waals surface area contributed by atoms with Gasteiger partial charge in [0.2, 0.25) is 5.82 Å². The molecule has 2 aromatic rings. The van der Waals surface area contributed by atoms with Crippen LogP contribution < -0.4 is 11.1 Å². The van der Waals surface area contributed by atoms with Crippen LogP contribution in [-0.4, -0.2) is 9.91 Å². The van der Waals surface area contributed by atoms with Gasteiger partial charge >= 0.3 is 5.69 Å². The number of nitrogen functional groups attached to an aromatic ring is 1. The van der Waals surface area contributed by atoms with Crippen LogP contribution in [0.4, 0.5) is 31.8 Å². The van der Waals surface area contributed by atoms with Crippen LogP contribution in [-0.2, 0) is 0 Å². The van der Waals surface area contributed by atoms with E-state index in [0.717, 1.165) is 18.2 Å². The first-order chi connectivity index (χ1) is 9.38. The monoisotopic (exact) mass is 344 g/mol. The molecule has 3 N–H and O–H groups in total. The van der Waals surface area contributed by atoms with Crippen LogP contribution >= 0.6 is 15.9 Å². The number of halogens is 3. The van der Waals surface area contributed by atoms with Gasteiger partial charge in [0.05, 0.1) is 4.92 Å². The Hall–Kier alpha value is -2.29. The average Bonchev–Trinajstić information content (AvgIpc) is 2.33. The third kappa shape index (κ3) is 2.82. The number of nitrogens with one attached hydrogen (secondary N) is 1. The molecule has 0 amide bonds. The number of nitro groups is 1. The molecule has 0 fully saturated rings. The van der Waals surface area contributed by atoms with Gasteiger partial charge in [-0.2, -0.15) is 0 Å². The molecule has 2 rings (SSSR count). The molecule has 0 unspecified atom stereocenters. The third-order valence-corrected chi connectivity index (χ3v) is 2.82. The van der Waals surface area contributed by atoms with Gasteiger partial charge in [0.1, 0.15) is 11.5 Å². The topological polar surface area (TPSA) is 94.1 Å². The minimum atomic E-state index is -0.837. The third-order valence-electron chi connectivity index (χ3n) is 2.36. The molecule has 0 spiro atoms. The smallest absolute Gasteiger partial charge is 0.311 e. The van der Waals surface area contributed by atoms with Crippen LogP contribution in [0.25, 0.3) is 0 Å². The Morgan fingerprint density at radius 3 is 2.40 bits per heavy atom. The van der Waals surface area contributed by atoms with Crippen LogP contribution in [0.1, 0.15) is 0 Å². The highest BCUT2D eigenvalue weighted by Gasteiger charge is 2.15. The van der Waals surface area contributed by atoms with E-state index in [-0.39, 0.29) is 21.8 Å². The van der Waals surface area contributed by atoms with Crippen molar-refractivity contribution in [2.75, 3.05) is 11.1 Å². The Labute approximate surface area is 119 Å². The van der Waals surface area contributed by atoms with Crippen molar-refractivity contribution in [3.8, 4) is 0 Å². The lowest BCUT2D eigenvalue weighted by atomic mass is 10.3. The van der Waals surface area contributed by atoms with Crippen molar-refractivity contribution in [1.82, 2.24) is 4.98 Å². The van der Waals surface area contributed by atoms with E-state index in [1.807, 2.05) is 0 Å². The Kier molecular flexibility index (Phi) is 3.79. The van der Waals surface area contributed by atoms with Crippen molar-refractivity contribution in [3.63, 3.8) is 0 Å². The van der Waals surface area contributed by atoms with E-state index in [1.165, 1.54) is 6.07 Å². The Balaban J connectivity index is 2.36. The van der Waals surface area contributed by atoms with Crippen LogP contribution in [0.2, 0.25) is 0 Å². The number of aromatic nitrogens is 1. The van der Waals surface area contributed by atoms with Crippen LogP contribution in [0.5, 0.6) is 0 Å². The molecule has 9 heteroatoms. The summed E-state index contributed by atoms with van der Waals surface area (Å²) >= 11 is 2.95. The number of nitrogens with two attached hydrogens (primary N) is 1. The Morgan fingerprint density at radius 1 is 1.30 bits per heavy atom. The molecule has 6 nitrogen and oxygen atoms in total. The predicted octanol–water partition coefficient (Wildman–Crippen LogP) is 3.36. The maximum atomic E-state index is 13.6. The average molecular weight is 345 g/mol. The number of anilines is 3. The molecule has 1 aromatic heterocycles. The van der Waals surface area contributed by atoms with Gasteiger partial charge in [0, 0.05) is 10.5 Å². The second-order valence-corrected chi connectivity index (χ2v) is 4.64. The first kappa shape index (κ1) is 14.1. The van der Waals surface area contributed by atoms with E-state index in [2.05, 4.69) is 26.2 Å². The van der Waals surface area contributed by atoms with Gasteiger partial charge in [-0.15, -0.1) is 0 Å². The number of hydrogen-bond acceptors (Lipinski definition) is 5. The van der Waals surface area contributed by atoms with E-state index in [9.17, 15) is 18.9 Å². The van der Waals surface area contributed by atoms with Gasteiger partial charge in [0.15, 0.2) is 11.6 Å². The fourth-order valence-corrected chi connectivity index (χ4v) is 1.88. The number of rotatable bonds is 3. The molecular formula is C11H7BrF2N4O2. The van der Waals surface area contributed by atoms with Gasteiger partial charge in [-0.1, -0.05) is 15.9 Å². The zero-order valence-corrected chi connectivity index (χ0v) is 11.3. The highest BCUT2D eigenvalue weighted by atomic mass is 79.9. The molecule has 20 heavy (non-hydrogen) atoms. The fraction of sp³-hybridized carbons (Fsp3) is 0. The van der Waals surface area contributed by atoms with Gasteiger partial charge in [-0.3, -0.25) is 10.1 Å². The zero-order chi connectivity index (χ0) is 14.9. The Morgan fingerprint density at radius 2 is 1.90 bits per heavy atom. The molecule has 0 saturated carbocycles. The minimum Gasteiger partial charge on any atom is -0.378 e. The van der Waals surface area contributed by atoms with Crippen molar-refractivity contribution in [3.05, 3.63) is 50.5 Å². The summed E-state index contributed by atoms with van der Waals surface area (Å²) in [6.45, 7) is 0. The number of nitrogens with zero attached hydrogens (tertiary/aromatic N) is 2. The van der Waals surface area contributed by atoms with Crippen molar-refractivity contribution >= 4 is 38.9 Å². The highest BCUT2D eigenvalue weighted by Crippen LogP contribution is 2.28. The molecule has 1 heterocycles. The first-order valence-electron chi connectivity index (χ1n) is 5.21. The molecule has 104 valence electrons. The maximum absolute atomic E-state index is 13.6. The molecule has 0 aliphatic carbocycles. The summed E-state index contributed by atoms with van der Waals surface area (Å²) in [7, 11) is 0. The summed E-state index contributed by atoms with van der Waals surface area (Å²) in [4.78, 5) is 13.5. The predicted molar refractivity (Wildman–Crippen MR) is 72.6 cm³/mol. The molecule has 0 aliphatic heterocycles. The molecule has 1 aromatic carbocycles. The Bertz CT molecular complexity index is 673. The number of pyridine rings is 1. The summed E-state index contributed by atoms with van der Waals surface area (Å²) in [5.41, 5.74) is 4.58. The molecular weight excluding hydrogens is 338 g/mol. The second-order valence-electron chi connectivity index (χ2n) is 3.73. The van der Waals surface area contributed by atoms with Gasteiger partial charge < -0.3 is 11.1 Å².